The largest absolute Gasteiger partial charge is 0.454 e. The number of nitrogens with one attached hydrogen (secondary N) is 1. The van der Waals surface area contributed by atoms with Gasteiger partial charge in [-0.05, 0) is 74.1 Å². The highest BCUT2D eigenvalue weighted by atomic mass is 16.7. The zero-order chi connectivity index (χ0) is 22.3. The molecule has 3 atom stereocenters. The molecule has 2 aliphatic heterocycles. The van der Waals surface area contributed by atoms with E-state index >= 15 is 0 Å². The van der Waals surface area contributed by atoms with Crippen LogP contribution in [0.2, 0.25) is 0 Å². The van der Waals surface area contributed by atoms with Crippen molar-refractivity contribution in [3.8, 4) is 11.5 Å². The van der Waals surface area contributed by atoms with Crippen molar-refractivity contribution >= 4 is 11.6 Å². The van der Waals surface area contributed by atoms with Gasteiger partial charge >= 0.3 is 0 Å². The number of hydrogen-bond donors (Lipinski definition) is 2. The maximum atomic E-state index is 13.0. The minimum Gasteiger partial charge on any atom is -0.454 e. The zero-order valence-corrected chi connectivity index (χ0v) is 18.9. The number of aryl methyl sites for hydroxylation is 2. The van der Waals surface area contributed by atoms with Gasteiger partial charge in [-0.15, -0.1) is 0 Å². The van der Waals surface area contributed by atoms with Crippen molar-refractivity contribution in [2.45, 2.75) is 57.6 Å². The molecule has 6 nitrogen and oxygen atoms in total. The second-order valence-corrected chi connectivity index (χ2v) is 9.66. The molecule has 2 fully saturated rings. The van der Waals surface area contributed by atoms with Crippen LogP contribution in [0.3, 0.4) is 0 Å². The second kappa shape index (κ2) is 8.41. The quantitative estimate of drug-likeness (QED) is 0.746. The number of benzene rings is 2. The summed E-state index contributed by atoms with van der Waals surface area (Å²) in [4.78, 5) is 15.3. The number of amides is 1. The molecule has 0 aromatic heterocycles. The van der Waals surface area contributed by atoms with Crippen molar-refractivity contribution < 1.29 is 19.4 Å². The molecular formula is C26H32N2O4. The molecular weight excluding hydrogens is 404 g/mol. The van der Waals surface area contributed by atoms with Gasteiger partial charge in [0.1, 0.15) is 0 Å². The van der Waals surface area contributed by atoms with Crippen molar-refractivity contribution in [2.75, 3.05) is 25.2 Å². The average Bonchev–Trinajstić information content (AvgIpc) is 3.20. The van der Waals surface area contributed by atoms with Gasteiger partial charge < -0.3 is 19.9 Å². The number of piperidine rings is 1. The van der Waals surface area contributed by atoms with Gasteiger partial charge in [-0.1, -0.05) is 25.0 Å². The van der Waals surface area contributed by atoms with Gasteiger partial charge in [0.05, 0.1) is 12.1 Å². The van der Waals surface area contributed by atoms with Crippen molar-refractivity contribution in [1.82, 2.24) is 4.90 Å². The highest BCUT2D eigenvalue weighted by Gasteiger charge is 2.49. The number of hydrogen-bond acceptors (Lipinski definition) is 5. The summed E-state index contributed by atoms with van der Waals surface area (Å²) in [6, 6.07) is 12.1. The fourth-order valence-corrected chi connectivity index (χ4v) is 5.89. The van der Waals surface area contributed by atoms with Gasteiger partial charge in [0.2, 0.25) is 12.7 Å². The monoisotopic (exact) mass is 436 g/mol. The van der Waals surface area contributed by atoms with E-state index in [4.69, 9.17) is 9.47 Å². The van der Waals surface area contributed by atoms with Crippen molar-refractivity contribution in [1.29, 1.82) is 0 Å². The number of fused-ring (bicyclic) bond motifs is 2. The molecule has 1 saturated carbocycles. The van der Waals surface area contributed by atoms with Gasteiger partial charge in [-0.2, -0.15) is 0 Å². The highest BCUT2D eigenvalue weighted by Crippen LogP contribution is 2.50. The molecule has 2 aromatic carbocycles. The lowest BCUT2D eigenvalue weighted by Gasteiger charge is -2.52. The zero-order valence-electron chi connectivity index (χ0n) is 18.9. The molecule has 32 heavy (non-hydrogen) atoms. The molecule has 2 heterocycles. The van der Waals surface area contributed by atoms with E-state index < -0.39 is 5.60 Å². The average molecular weight is 437 g/mol. The van der Waals surface area contributed by atoms with Gasteiger partial charge in [-0.3, -0.25) is 9.69 Å². The number of aliphatic hydroxyl groups is 1. The maximum Gasteiger partial charge on any atom is 0.238 e. The molecule has 1 aliphatic carbocycles. The van der Waals surface area contributed by atoms with Crippen LogP contribution in [0.15, 0.2) is 36.4 Å². The SMILES string of the molecule is Cc1cc(C)cc(NC(=O)CN2CCC3(O)CCCCC3C2c2ccc3c(c2)OCO3)c1. The van der Waals surface area contributed by atoms with Crippen LogP contribution in [0.25, 0.3) is 0 Å². The van der Waals surface area contributed by atoms with Gasteiger partial charge in [0.25, 0.3) is 0 Å². The van der Waals surface area contributed by atoms with Gasteiger partial charge in [0, 0.05) is 24.2 Å². The molecule has 1 amide bonds. The summed E-state index contributed by atoms with van der Waals surface area (Å²) in [5, 5.41) is 14.6. The number of carbonyl (C=O) groups is 1. The Morgan fingerprint density at radius 3 is 2.69 bits per heavy atom. The van der Waals surface area contributed by atoms with E-state index in [0.717, 1.165) is 59.6 Å². The van der Waals surface area contributed by atoms with Crippen LogP contribution in [-0.2, 0) is 4.79 Å². The Morgan fingerprint density at radius 1 is 1.09 bits per heavy atom. The molecule has 1 saturated heterocycles. The van der Waals surface area contributed by atoms with E-state index in [-0.39, 0.29) is 24.7 Å². The third kappa shape index (κ3) is 4.09. The first-order chi connectivity index (χ1) is 15.4. The summed E-state index contributed by atoms with van der Waals surface area (Å²) in [7, 11) is 0. The molecule has 2 N–H and O–H groups in total. The standard InChI is InChI=1S/C26H32N2O4/c1-17-11-18(2)13-20(12-17)27-24(29)15-28-10-9-26(30)8-4-3-5-21(26)25(28)19-6-7-22-23(14-19)32-16-31-22/h6-7,11-14,21,25,30H,3-5,8-10,15-16H2,1-2H3,(H,27,29). The van der Waals surface area contributed by atoms with E-state index in [1.165, 1.54) is 0 Å². The van der Waals surface area contributed by atoms with E-state index in [1.807, 2.05) is 38.1 Å². The summed E-state index contributed by atoms with van der Waals surface area (Å²) < 4.78 is 11.1. The van der Waals surface area contributed by atoms with Crippen molar-refractivity contribution in [2.24, 2.45) is 5.92 Å². The number of likely N-dealkylation sites (tertiary alicyclic amines) is 1. The summed E-state index contributed by atoms with van der Waals surface area (Å²) in [5.41, 5.74) is 3.50. The molecule has 0 spiro atoms. The molecule has 5 rings (SSSR count). The third-order valence-corrected chi connectivity index (χ3v) is 7.26. The van der Waals surface area contributed by atoms with Crippen molar-refractivity contribution in [3.63, 3.8) is 0 Å². The molecule has 2 aromatic rings. The van der Waals surface area contributed by atoms with E-state index in [9.17, 15) is 9.90 Å². The molecule has 3 unspecified atom stereocenters. The van der Waals surface area contributed by atoms with Crippen LogP contribution < -0.4 is 14.8 Å². The Hall–Kier alpha value is -2.57. The molecule has 0 radical (unpaired) electrons. The number of ether oxygens (including phenoxy) is 2. The topological polar surface area (TPSA) is 71.0 Å². The predicted molar refractivity (Wildman–Crippen MR) is 123 cm³/mol. The van der Waals surface area contributed by atoms with Crippen LogP contribution in [0, 0.1) is 19.8 Å². The Bertz CT molecular complexity index is 1000. The fourth-order valence-electron chi connectivity index (χ4n) is 5.89. The smallest absolute Gasteiger partial charge is 0.238 e. The summed E-state index contributed by atoms with van der Waals surface area (Å²) >= 11 is 0. The minimum absolute atomic E-state index is 0.0259. The van der Waals surface area contributed by atoms with Crippen LogP contribution in [0.4, 0.5) is 5.69 Å². The Balaban J connectivity index is 1.41. The molecule has 3 aliphatic rings. The van der Waals surface area contributed by atoms with E-state index in [0.29, 0.717) is 19.5 Å². The van der Waals surface area contributed by atoms with Crippen LogP contribution in [-0.4, -0.2) is 41.4 Å². The lowest BCUT2D eigenvalue weighted by molar-refractivity contribution is -0.135. The summed E-state index contributed by atoms with van der Waals surface area (Å²) in [6.07, 6.45) is 4.67. The van der Waals surface area contributed by atoms with Gasteiger partial charge in [0.15, 0.2) is 11.5 Å². The van der Waals surface area contributed by atoms with Crippen LogP contribution in [0.1, 0.15) is 54.8 Å². The van der Waals surface area contributed by atoms with Crippen LogP contribution >= 0.6 is 0 Å². The highest BCUT2D eigenvalue weighted by molar-refractivity contribution is 5.92. The molecule has 6 heteroatoms. The number of nitrogens with zero attached hydrogens (tertiary/aromatic N) is 1. The number of anilines is 1. The Kier molecular flexibility index (Phi) is 5.59. The maximum absolute atomic E-state index is 13.0. The van der Waals surface area contributed by atoms with Crippen LogP contribution in [0.5, 0.6) is 11.5 Å². The number of rotatable bonds is 4. The summed E-state index contributed by atoms with van der Waals surface area (Å²) in [6.45, 7) is 5.28. The first-order valence-electron chi connectivity index (χ1n) is 11.7. The van der Waals surface area contributed by atoms with Gasteiger partial charge in [-0.25, -0.2) is 0 Å². The molecule has 0 bridgehead atoms. The normalized spacial score (nSPS) is 27.1. The first kappa shape index (κ1) is 21.3. The lowest BCUT2D eigenvalue weighted by atomic mass is 9.66. The fraction of sp³-hybridized carbons (Fsp3) is 0.500. The first-order valence-corrected chi connectivity index (χ1v) is 11.7. The van der Waals surface area contributed by atoms with E-state index in [1.54, 1.807) is 0 Å². The summed E-state index contributed by atoms with van der Waals surface area (Å²) in [5.74, 6) is 1.57. The van der Waals surface area contributed by atoms with E-state index in [2.05, 4.69) is 22.3 Å². The Morgan fingerprint density at radius 2 is 1.88 bits per heavy atom. The third-order valence-electron chi connectivity index (χ3n) is 7.26. The lowest BCUT2D eigenvalue weighted by Crippen LogP contribution is -2.56. The molecule has 170 valence electrons. The Labute approximate surface area is 189 Å². The number of carbonyl (C=O) groups excluding carboxylic acids is 1. The minimum atomic E-state index is -0.667. The van der Waals surface area contributed by atoms with Crippen molar-refractivity contribution in [3.05, 3.63) is 53.1 Å². The second-order valence-electron chi connectivity index (χ2n) is 9.66. The predicted octanol–water partition coefficient (Wildman–Crippen LogP) is 4.34.